The fourth-order valence-electron chi connectivity index (χ4n) is 3.56. The van der Waals surface area contributed by atoms with Crippen molar-refractivity contribution in [1.29, 1.82) is 0 Å². The lowest BCUT2D eigenvalue weighted by atomic mass is 9.84. The van der Waals surface area contributed by atoms with Gasteiger partial charge < -0.3 is 14.5 Å². The molecule has 1 aromatic carbocycles. The van der Waals surface area contributed by atoms with Crippen LogP contribution in [-0.2, 0) is 4.74 Å². The minimum atomic E-state index is 0.145. The van der Waals surface area contributed by atoms with Crippen LogP contribution in [0.3, 0.4) is 0 Å². The monoisotopic (exact) mass is 288 g/mol. The molecular formula is C17H24N2O2. The molecule has 0 spiro atoms. The zero-order valence-corrected chi connectivity index (χ0v) is 12.9. The third kappa shape index (κ3) is 2.97. The van der Waals surface area contributed by atoms with Crippen molar-refractivity contribution in [2.24, 2.45) is 5.92 Å². The molecule has 1 aromatic rings. The van der Waals surface area contributed by atoms with Gasteiger partial charge in [0.15, 0.2) is 0 Å². The zero-order chi connectivity index (χ0) is 14.8. The number of carbonyl (C=O) groups is 1. The van der Waals surface area contributed by atoms with Gasteiger partial charge in [0.25, 0.3) is 5.91 Å². The van der Waals surface area contributed by atoms with E-state index in [4.69, 9.17) is 4.74 Å². The molecule has 0 unspecified atom stereocenters. The van der Waals surface area contributed by atoms with E-state index < -0.39 is 0 Å². The van der Waals surface area contributed by atoms with Crippen molar-refractivity contribution in [1.82, 2.24) is 9.80 Å². The van der Waals surface area contributed by atoms with Gasteiger partial charge in [0.2, 0.25) is 0 Å². The number of rotatable bonds is 2. The second-order valence-electron chi connectivity index (χ2n) is 6.34. The van der Waals surface area contributed by atoms with E-state index in [2.05, 4.69) is 19.0 Å². The molecule has 3 atom stereocenters. The van der Waals surface area contributed by atoms with E-state index in [1.54, 1.807) is 0 Å². The summed E-state index contributed by atoms with van der Waals surface area (Å²) in [5, 5.41) is 0. The molecule has 0 bridgehead atoms. The number of amides is 1. The van der Waals surface area contributed by atoms with Crippen LogP contribution in [0.4, 0.5) is 0 Å². The molecule has 4 heteroatoms. The highest BCUT2D eigenvalue weighted by molar-refractivity contribution is 5.94. The van der Waals surface area contributed by atoms with Crippen molar-refractivity contribution in [2.75, 3.05) is 33.8 Å². The Balaban J connectivity index is 1.79. The molecule has 2 saturated heterocycles. The van der Waals surface area contributed by atoms with E-state index in [9.17, 15) is 4.79 Å². The number of hydrogen-bond donors (Lipinski definition) is 0. The lowest BCUT2D eigenvalue weighted by molar-refractivity contribution is -0.0997. The summed E-state index contributed by atoms with van der Waals surface area (Å²) in [6, 6.07) is 9.88. The number of nitrogens with zero attached hydrogens (tertiary/aromatic N) is 2. The van der Waals surface area contributed by atoms with Gasteiger partial charge in [-0.05, 0) is 39.1 Å². The number of likely N-dealkylation sites (N-methyl/N-ethyl adjacent to an activating group) is 1. The summed E-state index contributed by atoms with van der Waals surface area (Å²) in [7, 11) is 4.16. The van der Waals surface area contributed by atoms with Crippen molar-refractivity contribution in [3.05, 3.63) is 35.9 Å². The Kier molecular flexibility index (Phi) is 4.27. The van der Waals surface area contributed by atoms with Gasteiger partial charge in [-0.25, -0.2) is 0 Å². The molecule has 0 saturated carbocycles. The van der Waals surface area contributed by atoms with E-state index in [1.165, 1.54) is 0 Å². The summed E-state index contributed by atoms with van der Waals surface area (Å²) >= 11 is 0. The van der Waals surface area contributed by atoms with Crippen LogP contribution in [0.1, 0.15) is 23.2 Å². The Bertz CT molecular complexity index is 489. The van der Waals surface area contributed by atoms with Crippen LogP contribution in [0.25, 0.3) is 0 Å². The minimum absolute atomic E-state index is 0.145. The average Bonchev–Trinajstić information content (AvgIpc) is 2.53. The summed E-state index contributed by atoms with van der Waals surface area (Å²) < 4.78 is 6.01. The quantitative estimate of drug-likeness (QED) is 0.833. The van der Waals surface area contributed by atoms with E-state index in [-0.39, 0.29) is 18.1 Å². The van der Waals surface area contributed by atoms with Gasteiger partial charge in [-0.2, -0.15) is 0 Å². The lowest BCUT2D eigenvalue weighted by Gasteiger charge is -2.48. The van der Waals surface area contributed by atoms with Crippen molar-refractivity contribution in [3.8, 4) is 0 Å². The van der Waals surface area contributed by atoms with Gasteiger partial charge in [0.1, 0.15) is 0 Å². The second-order valence-corrected chi connectivity index (χ2v) is 6.34. The third-order valence-electron chi connectivity index (χ3n) is 4.71. The molecule has 2 aliphatic rings. The Morgan fingerprint density at radius 1 is 1.24 bits per heavy atom. The van der Waals surface area contributed by atoms with E-state index in [1.807, 2.05) is 35.2 Å². The normalized spacial score (nSPS) is 29.3. The Morgan fingerprint density at radius 3 is 2.71 bits per heavy atom. The predicted molar refractivity (Wildman–Crippen MR) is 82.3 cm³/mol. The van der Waals surface area contributed by atoms with E-state index in [0.717, 1.165) is 38.1 Å². The van der Waals surface area contributed by atoms with E-state index >= 15 is 0 Å². The second kappa shape index (κ2) is 6.16. The van der Waals surface area contributed by atoms with Crippen LogP contribution in [0.2, 0.25) is 0 Å². The maximum atomic E-state index is 12.7. The van der Waals surface area contributed by atoms with Crippen LogP contribution in [0, 0.1) is 5.92 Å². The number of ether oxygens (including phenoxy) is 1. The van der Waals surface area contributed by atoms with Gasteiger partial charge in [-0.3, -0.25) is 4.79 Å². The van der Waals surface area contributed by atoms with Crippen molar-refractivity contribution in [3.63, 3.8) is 0 Å². The number of piperidine rings is 1. The molecule has 1 amide bonds. The first-order valence-corrected chi connectivity index (χ1v) is 7.79. The Morgan fingerprint density at radius 2 is 2.00 bits per heavy atom. The summed E-state index contributed by atoms with van der Waals surface area (Å²) in [5.74, 6) is 0.610. The SMILES string of the molecule is CN(C)[C@@H]1CN(C(=O)c2ccccc2)C[C@@H]2CCCO[C@@H]21. The number of carbonyl (C=O) groups excluding carboxylic acids is 1. The van der Waals surface area contributed by atoms with Crippen LogP contribution >= 0.6 is 0 Å². The topological polar surface area (TPSA) is 32.8 Å². The fraction of sp³-hybridized carbons (Fsp3) is 0.588. The molecule has 0 radical (unpaired) electrons. The molecule has 2 heterocycles. The summed E-state index contributed by atoms with van der Waals surface area (Å²) in [6.07, 6.45) is 2.54. The highest BCUT2D eigenvalue weighted by atomic mass is 16.5. The summed E-state index contributed by atoms with van der Waals surface area (Å²) in [4.78, 5) is 16.9. The fourth-order valence-corrected chi connectivity index (χ4v) is 3.56. The van der Waals surface area contributed by atoms with Gasteiger partial charge in [0, 0.05) is 31.2 Å². The molecule has 0 aromatic heterocycles. The largest absolute Gasteiger partial charge is 0.376 e. The molecular weight excluding hydrogens is 264 g/mol. The van der Waals surface area contributed by atoms with E-state index in [0.29, 0.717) is 5.92 Å². The molecule has 4 nitrogen and oxygen atoms in total. The zero-order valence-electron chi connectivity index (χ0n) is 12.9. The summed E-state index contributed by atoms with van der Waals surface area (Å²) in [6.45, 7) is 2.43. The predicted octanol–water partition coefficient (Wildman–Crippen LogP) is 1.87. The molecule has 2 fully saturated rings. The maximum absolute atomic E-state index is 12.7. The molecule has 2 aliphatic heterocycles. The molecule has 3 rings (SSSR count). The van der Waals surface area contributed by atoms with Crippen molar-refractivity contribution in [2.45, 2.75) is 25.0 Å². The average molecular weight is 288 g/mol. The maximum Gasteiger partial charge on any atom is 0.253 e. The van der Waals surface area contributed by atoms with Crippen LogP contribution in [-0.4, -0.2) is 61.6 Å². The van der Waals surface area contributed by atoms with Crippen LogP contribution < -0.4 is 0 Å². The van der Waals surface area contributed by atoms with Gasteiger partial charge in [-0.15, -0.1) is 0 Å². The van der Waals surface area contributed by atoms with Crippen molar-refractivity contribution >= 4 is 5.91 Å². The standard InChI is InChI=1S/C17H24N2O2/c1-18(2)15-12-19(11-14-9-6-10-21-16(14)15)17(20)13-7-4-3-5-8-13/h3-5,7-8,14-16H,6,9-12H2,1-2H3/t14-,15+,16-/m0/s1. The van der Waals surface area contributed by atoms with Crippen LogP contribution in [0.5, 0.6) is 0 Å². The number of fused-ring (bicyclic) bond motifs is 1. The summed E-state index contributed by atoms with van der Waals surface area (Å²) in [5.41, 5.74) is 0.783. The molecule has 0 aliphatic carbocycles. The van der Waals surface area contributed by atoms with Gasteiger partial charge >= 0.3 is 0 Å². The molecule has 0 N–H and O–H groups in total. The number of likely N-dealkylation sites (tertiary alicyclic amines) is 1. The third-order valence-corrected chi connectivity index (χ3v) is 4.71. The number of hydrogen-bond acceptors (Lipinski definition) is 3. The van der Waals surface area contributed by atoms with Gasteiger partial charge in [0.05, 0.1) is 12.1 Å². The first kappa shape index (κ1) is 14.5. The first-order valence-electron chi connectivity index (χ1n) is 7.79. The Labute approximate surface area is 126 Å². The number of benzene rings is 1. The molecule has 114 valence electrons. The highest BCUT2D eigenvalue weighted by Gasteiger charge is 2.41. The molecule has 21 heavy (non-hydrogen) atoms. The highest BCUT2D eigenvalue weighted by Crippen LogP contribution is 2.31. The Hall–Kier alpha value is -1.39. The first-order chi connectivity index (χ1) is 10.2. The van der Waals surface area contributed by atoms with Gasteiger partial charge in [-0.1, -0.05) is 18.2 Å². The van der Waals surface area contributed by atoms with Crippen molar-refractivity contribution < 1.29 is 9.53 Å². The lowest BCUT2D eigenvalue weighted by Crippen LogP contribution is -2.60. The van der Waals surface area contributed by atoms with Crippen LogP contribution in [0.15, 0.2) is 30.3 Å². The smallest absolute Gasteiger partial charge is 0.253 e. The minimum Gasteiger partial charge on any atom is -0.376 e.